The molecule has 0 aliphatic carbocycles. The lowest BCUT2D eigenvalue weighted by molar-refractivity contribution is 0.189. The molecule has 1 N–H and O–H groups in total. The van der Waals surface area contributed by atoms with Crippen LogP contribution < -0.4 is 4.72 Å². The van der Waals surface area contributed by atoms with Crippen molar-refractivity contribution in [2.45, 2.75) is 25.4 Å². The zero-order chi connectivity index (χ0) is 16.3. The van der Waals surface area contributed by atoms with E-state index in [-0.39, 0.29) is 6.04 Å². The lowest BCUT2D eigenvalue weighted by atomic mass is 10.1. The first-order valence-electron chi connectivity index (χ1n) is 7.65. The highest BCUT2D eigenvalue weighted by Crippen LogP contribution is 2.15. The summed E-state index contributed by atoms with van der Waals surface area (Å²) in [5, 5.41) is 4.30. The number of piperidine rings is 1. The van der Waals surface area contributed by atoms with Crippen LogP contribution in [0.15, 0.2) is 36.7 Å². The summed E-state index contributed by atoms with van der Waals surface area (Å²) in [5.74, 6) is 0.858. The van der Waals surface area contributed by atoms with Crippen LogP contribution in [-0.4, -0.2) is 53.5 Å². The third-order valence-corrected chi connectivity index (χ3v) is 4.63. The van der Waals surface area contributed by atoms with Crippen LogP contribution in [0.5, 0.6) is 0 Å². The summed E-state index contributed by atoms with van der Waals surface area (Å²) in [7, 11) is -3.17. The number of nitrogens with zero attached hydrogens (tertiary/aromatic N) is 4. The predicted molar refractivity (Wildman–Crippen MR) is 87.6 cm³/mol. The normalized spacial score (nSPS) is 19.8. The summed E-state index contributed by atoms with van der Waals surface area (Å²) in [5.41, 5.74) is 0.975. The van der Waals surface area contributed by atoms with Gasteiger partial charge in [0.2, 0.25) is 10.0 Å². The van der Waals surface area contributed by atoms with Crippen molar-refractivity contribution in [3.8, 4) is 5.69 Å². The van der Waals surface area contributed by atoms with Gasteiger partial charge in [0.25, 0.3) is 0 Å². The standard InChI is InChI=1S/C15H21N5O2S/c1-23(21,22)18-13-6-5-9-19(10-13)11-15-16-12-17-20(15)14-7-3-2-4-8-14/h2-4,7-8,12-13,18H,5-6,9-11H2,1H3. The molecule has 1 saturated heterocycles. The van der Waals surface area contributed by atoms with E-state index in [0.29, 0.717) is 13.1 Å². The molecule has 1 unspecified atom stereocenters. The molecule has 1 atom stereocenters. The van der Waals surface area contributed by atoms with Gasteiger partial charge in [-0.3, -0.25) is 4.90 Å². The summed E-state index contributed by atoms with van der Waals surface area (Å²) < 4.78 is 27.3. The molecule has 0 saturated carbocycles. The van der Waals surface area contributed by atoms with Gasteiger partial charge in [0.1, 0.15) is 12.2 Å². The number of sulfonamides is 1. The average Bonchev–Trinajstić information content (AvgIpc) is 2.95. The first-order valence-corrected chi connectivity index (χ1v) is 9.54. The fourth-order valence-corrected chi connectivity index (χ4v) is 3.75. The molecule has 1 fully saturated rings. The molecular formula is C15H21N5O2S. The Kier molecular flexibility index (Phi) is 4.74. The van der Waals surface area contributed by atoms with Crippen LogP contribution in [0.4, 0.5) is 0 Å². The highest BCUT2D eigenvalue weighted by atomic mass is 32.2. The molecule has 0 radical (unpaired) electrons. The fraction of sp³-hybridized carbons (Fsp3) is 0.467. The van der Waals surface area contributed by atoms with Crippen LogP contribution in [0.2, 0.25) is 0 Å². The number of aromatic nitrogens is 3. The Morgan fingerprint density at radius 3 is 2.83 bits per heavy atom. The summed E-state index contributed by atoms with van der Waals surface area (Å²) >= 11 is 0. The SMILES string of the molecule is CS(=O)(=O)NC1CCCN(Cc2ncnn2-c2ccccc2)C1. The second kappa shape index (κ2) is 6.77. The lowest BCUT2D eigenvalue weighted by Gasteiger charge is -2.32. The van der Waals surface area contributed by atoms with Gasteiger partial charge in [0.05, 0.1) is 18.5 Å². The monoisotopic (exact) mass is 335 g/mol. The zero-order valence-corrected chi connectivity index (χ0v) is 13.9. The summed E-state index contributed by atoms with van der Waals surface area (Å²) in [6, 6.07) is 9.84. The number of benzene rings is 1. The van der Waals surface area contributed by atoms with Gasteiger partial charge < -0.3 is 0 Å². The van der Waals surface area contributed by atoms with Crippen molar-refractivity contribution >= 4 is 10.0 Å². The number of rotatable bonds is 5. The Balaban J connectivity index is 1.69. The minimum Gasteiger partial charge on any atom is -0.294 e. The molecule has 23 heavy (non-hydrogen) atoms. The van der Waals surface area contributed by atoms with Gasteiger partial charge in [0, 0.05) is 12.6 Å². The molecular weight excluding hydrogens is 314 g/mol. The number of hydrogen-bond acceptors (Lipinski definition) is 5. The summed E-state index contributed by atoms with van der Waals surface area (Å²) in [6.45, 7) is 2.27. The van der Waals surface area contributed by atoms with Crippen molar-refractivity contribution in [3.63, 3.8) is 0 Å². The molecule has 1 aliphatic rings. The molecule has 3 rings (SSSR count). The van der Waals surface area contributed by atoms with Crippen molar-refractivity contribution in [2.24, 2.45) is 0 Å². The molecule has 7 nitrogen and oxygen atoms in total. The van der Waals surface area contributed by atoms with Gasteiger partial charge in [-0.1, -0.05) is 18.2 Å². The predicted octanol–water partition coefficient (Wildman–Crippen LogP) is 0.781. The van der Waals surface area contributed by atoms with E-state index < -0.39 is 10.0 Å². The van der Waals surface area contributed by atoms with Gasteiger partial charge in [-0.05, 0) is 31.5 Å². The Hall–Kier alpha value is -1.77. The topological polar surface area (TPSA) is 80.1 Å². The van der Waals surface area contributed by atoms with Crippen LogP contribution in [0, 0.1) is 0 Å². The first kappa shape index (κ1) is 16.1. The van der Waals surface area contributed by atoms with Crippen LogP contribution in [-0.2, 0) is 16.6 Å². The van der Waals surface area contributed by atoms with E-state index in [0.717, 1.165) is 30.9 Å². The highest BCUT2D eigenvalue weighted by Gasteiger charge is 2.23. The van der Waals surface area contributed by atoms with E-state index in [1.807, 2.05) is 35.0 Å². The quantitative estimate of drug-likeness (QED) is 0.873. The number of likely N-dealkylation sites (tertiary alicyclic amines) is 1. The maximum absolute atomic E-state index is 11.4. The van der Waals surface area contributed by atoms with E-state index in [4.69, 9.17) is 0 Å². The molecule has 1 aromatic heterocycles. The molecule has 0 amide bonds. The molecule has 2 heterocycles. The molecule has 2 aromatic rings. The second-order valence-corrected chi connectivity index (χ2v) is 7.67. The Bertz CT molecular complexity index is 744. The number of para-hydroxylation sites is 1. The minimum absolute atomic E-state index is 0.0353. The van der Waals surface area contributed by atoms with Crippen molar-refractivity contribution in [2.75, 3.05) is 19.3 Å². The zero-order valence-electron chi connectivity index (χ0n) is 13.1. The maximum Gasteiger partial charge on any atom is 0.208 e. The van der Waals surface area contributed by atoms with E-state index >= 15 is 0 Å². The molecule has 0 spiro atoms. The van der Waals surface area contributed by atoms with Crippen LogP contribution in [0.25, 0.3) is 5.69 Å². The Morgan fingerprint density at radius 2 is 2.09 bits per heavy atom. The average molecular weight is 335 g/mol. The largest absolute Gasteiger partial charge is 0.294 e. The second-order valence-electron chi connectivity index (χ2n) is 5.89. The van der Waals surface area contributed by atoms with Crippen LogP contribution >= 0.6 is 0 Å². The van der Waals surface area contributed by atoms with Crippen LogP contribution in [0.1, 0.15) is 18.7 Å². The summed E-state index contributed by atoms with van der Waals surface area (Å²) in [4.78, 5) is 6.58. The van der Waals surface area contributed by atoms with E-state index in [1.54, 1.807) is 6.33 Å². The highest BCUT2D eigenvalue weighted by molar-refractivity contribution is 7.88. The van der Waals surface area contributed by atoms with Gasteiger partial charge in [-0.15, -0.1) is 0 Å². The minimum atomic E-state index is -3.17. The van der Waals surface area contributed by atoms with Crippen LogP contribution in [0.3, 0.4) is 0 Å². The third-order valence-electron chi connectivity index (χ3n) is 3.87. The Labute approximate surface area is 136 Å². The van der Waals surface area contributed by atoms with Gasteiger partial charge in [-0.2, -0.15) is 5.10 Å². The van der Waals surface area contributed by atoms with E-state index in [1.165, 1.54) is 6.26 Å². The molecule has 8 heteroatoms. The number of hydrogen-bond donors (Lipinski definition) is 1. The first-order chi connectivity index (χ1) is 11.0. The smallest absolute Gasteiger partial charge is 0.208 e. The maximum atomic E-state index is 11.4. The summed E-state index contributed by atoms with van der Waals surface area (Å²) in [6.07, 6.45) is 4.60. The van der Waals surface area contributed by atoms with Crippen molar-refractivity contribution in [1.82, 2.24) is 24.4 Å². The molecule has 1 aromatic carbocycles. The molecule has 124 valence electrons. The van der Waals surface area contributed by atoms with Crippen molar-refractivity contribution in [1.29, 1.82) is 0 Å². The van der Waals surface area contributed by atoms with E-state index in [9.17, 15) is 8.42 Å². The third kappa shape index (κ3) is 4.37. The fourth-order valence-electron chi connectivity index (χ4n) is 2.96. The van der Waals surface area contributed by atoms with Gasteiger partial charge in [0.15, 0.2) is 0 Å². The Morgan fingerprint density at radius 1 is 1.30 bits per heavy atom. The molecule has 1 aliphatic heterocycles. The lowest BCUT2D eigenvalue weighted by Crippen LogP contribution is -2.47. The number of nitrogens with one attached hydrogen (secondary N) is 1. The van der Waals surface area contributed by atoms with Crippen molar-refractivity contribution < 1.29 is 8.42 Å². The van der Waals surface area contributed by atoms with E-state index in [2.05, 4.69) is 19.7 Å². The molecule has 0 bridgehead atoms. The van der Waals surface area contributed by atoms with Crippen molar-refractivity contribution in [3.05, 3.63) is 42.5 Å². The van der Waals surface area contributed by atoms with Gasteiger partial charge in [-0.25, -0.2) is 22.8 Å². The van der Waals surface area contributed by atoms with Gasteiger partial charge >= 0.3 is 0 Å².